The van der Waals surface area contributed by atoms with Gasteiger partial charge in [0.2, 0.25) is 5.95 Å². The summed E-state index contributed by atoms with van der Waals surface area (Å²) in [7, 11) is 1.85. The normalized spacial score (nSPS) is 15.8. The van der Waals surface area contributed by atoms with Crippen LogP contribution in [0.3, 0.4) is 0 Å². The maximum atomic E-state index is 12.9. The van der Waals surface area contributed by atoms with Gasteiger partial charge in [0.15, 0.2) is 0 Å². The smallest absolute Gasteiger partial charge is 0.324 e. The van der Waals surface area contributed by atoms with Crippen LogP contribution in [-0.2, 0) is 17.6 Å². The Hall–Kier alpha value is -3.37. The van der Waals surface area contributed by atoms with E-state index in [1.54, 1.807) is 6.07 Å². The van der Waals surface area contributed by atoms with E-state index in [0.29, 0.717) is 50.4 Å². The van der Waals surface area contributed by atoms with E-state index in [-0.39, 0.29) is 12.6 Å². The van der Waals surface area contributed by atoms with Crippen LogP contribution in [0.1, 0.15) is 24.1 Å². The molecule has 2 aromatic heterocycles. The van der Waals surface area contributed by atoms with Gasteiger partial charge in [-0.1, -0.05) is 0 Å². The number of ether oxygens (including phenoxy) is 1. The second-order valence-electron chi connectivity index (χ2n) is 8.78. The molecule has 1 fully saturated rings. The number of likely N-dealkylation sites (N-methyl/N-ethyl adjacent to an activating group) is 1. The summed E-state index contributed by atoms with van der Waals surface area (Å²) in [5.74, 6) is 1.55. The van der Waals surface area contributed by atoms with Crippen molar-refractivity contribution in [1.82, 2.24) is 15.0 Å². The molecule has 1 aliphatic heterocycles. The third-order valence-electron chi connectivity index (χ3n) is 6.42. The van der Waals surface area contributed by atoms with Crippen molar-refractivity contribution in [3.63, 3.8) is 0 Å². The molecule has 3 heterocycles. The van der Waals surface area contributed by atoms with Crippen molar-refractivity contribution in [1.29, 1.82) is 0 Å². The molecule has 34 heavy (non-hydrogen) atoms. The number of benzene rings is 1. The lowest BCUT2D eigenvalue weighted by molar-refractivity contribution is 0.122. The van der Waals surface area contributed by atoms with E-state index < -0.39 is 0 Å². The Kier molecular flexibility index (Phi) is 6.50. The third kappa shape index (κ3) is 4.78. The monoisotopic (exact) mass is 465 g/mol. The molecule has 0 radical (unpaired) electrons. The summed E-state index contributed by atoms with van der Waals surface area (Å²) in [5, 5.41) is 16.3. The first-order valence-corrected chi connectivity index (χ1v) is 11.9. The predicted molar refractivity (Wildman–Crippen MR) is 133 cm³/mol. The number of aliphatic hydroxyl groups is 1. The number of aromatic nitrogens is 3. The fraction of sp³-hybridized carbons (Fsp3) is 0.458. The lowest BCUT2D eigenvalue weighted by Gasteiger charge is -2.28. The average Bonchev–Trinajstić information content (AvgIpc) is 3.22. The molecule has 0 unspecified atom stereocenters. The summed E-state index contributed by atoms with van der Waals surface area (Å²) in [4.78, 5) is 29.5. The van der Waals surface area contributed by atoms with Gasteiger partial charge in [-0.15, -0.1) is 0 Å². The van der Waals surface area contributed by atoms with Crippen molar-refractivity contribution in [3.8, 4) is 0 Å². The maximum absolute atomic E-state index is 12.9. The molecule has 4 N–H and O–H groups in total. The molecule has 5 rings (SSSR count). The summed E-state index contributed by atoms with van der Waals surface area (Å²) in [5.41, 5.74) is 4.53. The van der Waals surface area contributed by atoms with Crippen molar-refractivity contribution in [2.24, 2.45) is 0 Å². The molecule has 1 aliphatic carbocycles. The molecule has 2 aliphatic rings. The fourth-order valence-electron chi connectivity index (χ4n) is 4.61. The average molecular weight is 466 g/mol. The number of nitrogens with zero attached hydrogens (tertiary/aromatic N) is 4. The molecule has 0 atom stereocenters. The molecule has 0 spiro atoms. The van der Waals surface area contributed by atoms with Gasteiger partial charge in [-0.2, -0.15) is 9.97 Å². The first-order valence-electron chi connectivity index (χ1n) is 11.9. The number of nitrogens with one attached hydrogen (secondary N) is 3. The Balaban J connectivity index is 1.35. The molecule has 0 bridgehead atoms. The number of urea groups is 1. The quantitative estimate of drug-likeness (QED) is 0.442. The van der Waals surface area contributed by atoms with Crippen molar-refractivity contribution < 1.29 is 14.6 Å². The van der Waals surface area contributed by atoms with E-state index in [4.69, 9.17) is 4.74 Å². The zero-order valence-electron chi connectivity index (χ0n) is 19.4. The Morgan fingerprint density at radius 1 is 1.18 bits per heavy atom. The molecule has 10 heteroatoms. The molecular weight excluding hydrogens is 434 g/mol. The van der Waals surface area contributed by atoms with Crippen LogP contribution >= 0.6 is 0 Å². The van der Waals surface area contributed by atoms with E-state index in [9.17, 15) is 9.90 Å². The SMILES string of the molecule is CN(CCO)c1cc(NC(=O)Nc2ccc3[nH]c4c(c3c2)CCCC4)nc(N2CCOCC2)n1. The molecule has 0 saturated carbocycles. The van der Waals surface area contributed by atoms with Crippen LogP contribution in [0.4, 0.5) is 28.1 Å². The number of aromatic amines is 1. The van der Waals surface area contributed by atoms with Gasteiger partial charge in [0.25, 0.3) is 0 Å². The van der Waals surface area contributed by atoms with Crippen LogP contribution in [0.2, 0.25) is 0 Å². The van der Waals surface area contributed by atoms with Crippen LogP contribution in [0.15, 0.2) is 24.3 Å². The number of aliphatic hydroxyl groups excluding tert-OH is 1. The minimum absolute atomic E-state index is 0.00196. The van der Waals surface area contributed by atoms with Crippen molar-refractivity contribution in [3.05, 3.63) is 35.5 Å². The van der Waals surface area contributed by atoms with Gasteiger partial charge >= 0.3 is 6.03 Å². The van der Waals surface area contributed by atoms with Gasteiger partial charge in [-0.3, -0.25) is 5.32 Å². The number of morpholine rings is 1. The third-order valence-corrected chi connectivity index (χ3v) is 6.42. The minimum Gasteiger partial charge on any atom is -0.395 e. The summed E-state index contributed by atoms with van der Waals surface area (Å²) in [6.07, 6.45) is 4.57. The number of amides is 2. The van der Waals surface area contributed by atoms with Crippen LogP contribution in [0, 0.1) is 0 Å². The maximum Gasteiger partial charge on any atom is 0.324 e. The van der Waals surface area contributed by atoms with Gasteiger partial charge in [-0.25, -0.2) is 4.79 Å². The Labute approximate surface area is 198 Å². The van der Waals surface area contributed by atoms with Gasteiger partial charge in [0.05, 0.1) is 19.8 Å². The van der Waals surface area contributed by atoms with Gasteiger partial charge in [0, 0.05) is 55.0 Å². The van der Waals surface area contributed by atoms with E-state index in [1.807, 2.05) is 35.0 Å². The fourth-order valence-corrected chi connectivity index (χ4v) is 4.61. The summed E-state index contributed by atoms with van der Waals surface area (Å²) in [6, 6.07) is 7.31. The van der Waals surface area contributed by atoms with Gasteiger partial charge in [-0.05, 0) is 49.4 Å². The van der Waals surface area contributed by atoms with E-state index in [1.165, 1.54) is 29.5 Å². The highest BCUT2D eigenvalue weighted by Crippen LogP contribution is 2.31. The topological polar surface area (TPSA) is 119 Å². The van der Waals surface area contributed by atoms with Gasteiger partial charge < -0.3 is 29.9 Å². The molecule has 1 saturated heterocycles. The minimum atomic E-state index is -0.369. The number of carbonyl (C=O) groups is 1. The molecule has 2 amide bonds. The molecular formula is C24H31N7O3. The molecule has 10 nitrogen and oxygen atoms in total. The number of aryl methyl sites for hydroxylation is 2. The summed E-state index contributed by atoms with van der Waals surface area (Å²) >= 11 is 0. The number of hydrogen-bond donors (Lipinski definition) is 4. The number of H-pyrrole nitrogens is 1. The van der Waals surface area contributed by atoms with Crippen LogP contribution in [0.25, 0.3) is 10.9 Å². The lowest BCUT2D eigenvalue weighted by atomic mass is 9.95. The van der Waals surface area contributed by atoms with Crippen molar-refractivity contribution >= 4 is 40.2 Å². The largest absolute Gasteiger partial charge is 0.395 e. The molecule has 180 valence electrons. The zero-order chi connectivity index (χ0) is 23.5. The highest BCUT2D eigenvalue weighted by Gasteiger charge is 2.19. The van der Waals surface area contributed by atoms with Crippen molar-refractivity contribution in [2.45, 2.75) is 25.7 Å². The number of anilines is 4. The van der Waals surface area contributed by atoms with Crippen LogP contribution in [-0.4, -0.2) is 72.6 Å². The summed E-state index contributed by atoms with van der Waals surface area (Å²) < 4.78 is 5.44. The van der Waals surface area contributed by atoms with E-state index >= 15 is 0 Å². The number of rotatable bonds is 6. The zero-order valence-corrected chi connectivity index (χ0v) is 19.4. The standard InChI is InChI=1S/C24H31N7O3/c1-30(8-11-32)22-15-21(27-23(29-22)31-9-12-34-13-10-31)28-24(33)25-16-6-7-20-18(14-16)17-4-2-3-5-19(17)26-20/h6-7,14-15,26,32H,2-5,8-13H2,1H3,(H2,25,27,28,29,33). The first kappa shape index (κ1) is 22.4. The number of fused-ring (bicyclic) bond motifs is 3. The van der Waals surface area contributed by atoms with Crippen LogP contribution < -0.4 is 20.4 Å². The molecule has 3 aromatic rings. The van der Waals surface area contributed by atoms with Gasteiger partial charge in [0.1, 0.15) is 11.6 Å². The summed E-state index contributed by atoms with van der Waals surface area (Å²) in [6.45, 7) is 3.00. The van der Waals surface area contributed by atoms with E-state index in [2.05, 4.69) is 25.6 Å². The Bertz CT molecular complexity index is 1170. The highest BCUT2D eigenvalue weighted by atomic mass is 16.5. The number of hydrogen-bond acceptors (Lipinski definition) is 7. The lowest BCUT2D eigenvalue weighted by Crippen LogP contribution is -2.38. The first-order chi connectivity index (χ1) is 16.6. The predicted octanol–water partition coefficient (Wildman–Crippen LogP) is 2.75. The highest BCUT2D eigenvalue weighted by molar-refractivity contribution is 6.01. The number of carbonyl (C=O) groups excluding carboxylic acids is 1. The Morgan fingerprint density at radius 3 is 2.82 bits per heavy atom. The second kappa shape index (κ2) is 9.86. The molecule has 1 aromatic carbocycles. The van der Waals surface area contributed by atoms with Crippen molar-refractivity contribution in [2.75, 3.05) is 66.9 Å². The second-order valence-corrected chi connectivity index (χ2v) is 8.78. The van der Waals surface area contributed by atoms with Crippen LogP contribution in [0.5, 0.6) is 0 Å². The van der Waals surface area contributed by atoms with E-state index in [0.717, 1.165) is 24.0 Å². The Morgan fingerprint density at radius 2 is 2.00 bits per heavy atom.